The lowest BCUT2D eigenvalue weighted by Gasteiger charge is -2.08. The second-order valence-corrected chi connectivity index (χ2v) is 6.21. The molecular formula is C21H18N4O3. The van der Waals surface area contributed by atoms with Gasteiger partial charge in [0.15, 0.2) is 5.69 Å². The van der Waals surface area contributed by atoms with E-state index in [9.17, 15) is 9.59 Å². The summed E-state index contributed by atoms with van der Waals surface area (Å²) in [6.45, 7) is 1.95. The van der Waals surface area contributed by atoms with Crippen molar-refractivity contribution in [1.29, 1.82) is 0 Å². The van der Waals surface area contributed by atoms with Gasteiger partial charge in [0.05, 0.1) is 28.8 Å². The third kappa shape index (κ3) is 2.96. The number of esters is 1. The number of carbonyl (C=O) groups is 1. The minimum Gasteiger partial charge on any atom is -0.461 e. The zero-order valence-corrected chi connectivity index (χ0v) is 15.5. The van der Waals surface area contributed by atoms with Crippen LogP contribution in [0.15, 0.2) is 65.6 Å². The highest BCUT2D eigenvalue weighted by molar-refractivity contribution is 5.95. The highest BCUT2D eigenvalue weighted by Gasteiger charge is 2.23. The molecule has 0 aliphatic carbocycles. The summed E-state index contributed by atoms with van der Waals surface area (Å²) in [5, 5.41) is 4.93. The van der Waals surface area contributed by atoms with Gasteiger partial charge in [-0.1, -0.05) is 30.3 Å². The van der Waals surface area contributed by atoms with Crippen molar-refractivity contribution in [3.8, 4) is 17.1 Å². The van der Waals surface area contributed by atoms with Crippen LogP contribution in [0, 0.1) is 0 Å². The smallest absolute Gasteiger partial charge is 0.359 e. The largest absolute Gasteiger partial charge is 0.461 e. The monoisotopic (exact) mass is 374 g/mol. The van der Waals surface area contributed by atoms with Crippen molar-refractivity contribution in [3.63, 3.8) is 0 Å². The van der Waals surface area contributed by atoms with Crippen LogP contribution in [0.1, 0.15) is 17.4 Å². The van der Waals surface area contributed by atoms with Gasteiger partial charge in [-0.05, 0) is 31.2 Å². The predicted octanol–water partition coefficient (Wildman–Crippen LogP) is 2.96. The Kier molecular flexibility index (Phi) is 4.49. The molecule has 0 N–H and O–H groups in total. The van der Waals surface area contributed by atoms with Crippen LogP contribution in [0.25, 0.3) is 28.0 Å². The molecule has 0 aliphatic heterocycles. The summed E-state index contributed by atoms with van der Waals surface area (Å²) in [5.74, 6) is -0.205. The summed E-state index contributed by atoms with van der Waals surface area (Å²) in [4.78, 5) is 29.9. The van der Waals surface area contributed by atoms with Crippen LogP contribution in [0.2, 0.25) is 0 Å². The van der Waals surface area contributed by atoms with E-state index in [2.05, 4.69) is 10.1 Å². The molecule has 0 spiro atoms. The molecule has 0 fully saturated rings. The van der Waals surface area contributed by atoms with Gasteiger partial charge in [-0.2, -0.15) is 5.10 Å². The minimum absolute atomic E-state index is 0.114. The van der Waals surface area contributed by atoms with Crippen LogP contribution in [0.3, 0.4) is 0 Å². The van der Waals surface area contributed by atoms with Gasteiger partial charge in [0.25, 0.3) is 5.56 Å². The van der Waals surface area contributed by atoms with Gasteiger partial charge in [0.1, 0.15) is 5.82 Å². The Bertz CT molecular complexity index is 1230. The molecule has 0 saturated heterocycles. The van der Waals surface area contributed by atoms with Crippen LogP contribution in [-0.4, -0.2) is 31.9 Å². The number of nitrogens with zero attached hydrogens (tertiary/aromatic N) is 4. The third-order valence-corrected chi connectivity index (χ3v) is 4.43. The fourth-order valence-corrected chi connectivity index (χ4v) is 3.06. The number of carbonyl (C=O) groups excluding carboxylic acids is 1. The molecule has 0 saturated carbocycles. The number of aromatic nitrogens is 4. The lowest BCUT2D eigenvalue weighted by molar-refractivity contribution is 0.0519. The highest BCUT2D eigenvalue weighted by atomic mass is 16.5. The van der Waals surface area contributed by atoms with E-state index in [4.69, 9.17) is 4.74 Å². The number of benzene rings is 2. The maximum Gasteiger partial charge on any atom is 0.359 e. The SMILES string of the molecule is CCOC(=O)c1nn(-c2ccccc2)cc1-c1nc2ccccc2c(=O)n1C. The lowest BCUT2D eigenvalue weighted by Crippen LogP contribution is -2.21. The van der Waals surface area contributed by atoms with E-state index in [0.717, 1.165) is 5.69 Å². The summed E-state index contributed by atoms with van der Waals surface area (Å²) < 4.78 is 8.18. The van der Waals surface area contributed by atoms with Crippen LogP contribution in [0.5, 0.6) is 0 Å². The number of hydrogen-bond acceptors (Lipinski definition) is 5. The molecule has 0 unspecified atom stereocenters. The first-order chi connectivity index (χ1) is 13.6. The Morgan fingerprint density at radius 1 is 1.07 bits per heavy atom. The van der Waals surface area contributed by atoms with Crippen molar-refractivity contribution >= 4 is 16.9 Å². The van der Waals surface area contributed by atoms with E-state index in [-0.39, 0.29) is 17.9 Å². The molecule has 140 valence electrons. The van der Waals surface area contributed by atoms with Crippen LogP contribution in [0.4, 0.5) is 0 Å². The zero-order valence-electron chi connectivity index (χ0n) is 15.5. The first-order valence-electron chi connectivity index (χ1n) is 8.88. The van der Waals surface area contributed by atoms with Crippen molar-refractivity contribution in [2.45, 2.75) is 6.92 Å². The average molecular weight is 374 g/mol. The van der Waals surface area contributed by atoms with Crippen molar-refractivity contribution in [1.82, 2.24) is 19.3 Å². The van der Waals surface area contributed by atoms with Crippen LogP contribution >= 0.6 is 0 Å². The maximum absolute atomic E-state index is 12.8. The van der Waals surface area contributed by atoms with Crippen LogP contribution < -0.4 is 5.56 Å². The van der Waals surface area contributed by atoms with Gasteiger partial charge in [-0.25, -0.2) is 14.5 Å². The van der Waals surface area contributed by atoms with Gasteiger partial charge in [-0.3, -0.25) is 9.36 Å². The molecule has 0 atom stereocenters. The first kappa shape index (κ1) is 17.7. The topological polar surface area (TPSA) is 79.0 Å². The van der Waals surface area contributed by atoms with Gasteiger partial charge in [0.2, 0.25) is 0 Å². The Balaban J connectivity index is 1.97. The third-order valence-electron chi connectivity index (χ3n) is 4.43. The molecule has 2 heterocycles. The number of hydrogen-bond donors (Lipinski definition) is 0. The molecule has 0 aliphatic rings. The van der Waals surface area contributed by atoms with E-state index in [1.54, 1.807) is 43.0 Å². The molecule has 0 radical (unpaired) electrons. The fourth-order valence-electron chi connectivity index (χ4n) is 3.06. The summed E-state index contributed by atoms with van der Waals surface area (Å²) in [7, 11) is 1.63. The zero-order chi connectivity index (χ0) is 19.7. The van der Waals surface area contributed by atoms with Gasteiger partial charge in [0, 0.05) is 13.2 Å². The summed E-state index contributed by atoms with van der Waals surface area (Å²) >= 11 is 0. The Morgan fingerprint density at radius 3 is 2.54 bits per heavy atom. The number of para-hydroxylation sites is 2. The van der Waals surface area contributed by atoms with E-state index in [1.165, 1.54) is 4.57 Å². The molecule has 7 heteroatoms. The predicted molar refractivity (Wildman–Crippen MR) is 105 cm³/mol. The maximum atomic E-state index is 12.8. The lowest BCUT2D eigenvalue weighted by atomic mass is 10.2. The number of ether oxygens (including phenoxy) is 1. The standard InChI is InChI=1S/C21H18N4O3/c1-3-28-21(27)18-16(13-25(23-18)14-9-5-4-6-10-14)19-22-17-12-8-7-11-15(17)20(26)24(19)2/h4-13H,3H2,1-2H3. The molecule has 0 amide bonds. The second-order valence-electron chi connectivity index (χ2n) is 6.21. The van der Waals surface area contributed by atoms with E-state index < -0.39 is 5.97 Å². The molecule has 2 aromatic heterocycles. The Hall–Kier alpha value is -3.74. The molecule has 2 aromatic carbocycles. The van der Waals surface area contributed by atoms with E-state index in [0.29, 0.717) is 22.3 Å². The average Bonchev–Trinajstić information content (AvgIpc) is 3.17. The molecule has 28 heavy (non-hydrogen) atoms. The molecule has 0 bridgehead atoms. The second kappa shape index (κ2) is 7.11. The molecule has 4 rings (SSSR count). The van der Waals surface area contributed by atoms with Crippen LogP contribution in [-0.2, 0) is 11.8 Å². The Morgan fingerprint density at radius 2 is 1.79 bits per heavy atom. The summed E-state index contributed by atoms with van der Waals surface area (Å²) in [5.41, 5.74) is 1.70. The van der Waals surface area contributed by atoms with Gasteiger partial charge in [-0.15, -0.1) is 0 Å². The van der Waals surface area contributed by atoms with E-state index in [1.807, 2.05) is 36.4 Å². The van der Waals surface area contributed by atoms with E-state index >= 15 is 0 Å². The molecular weight excluding hydrogens is 356 g/mol. The first-order valence-corrected chi connectivity index (χ1v) is 8.88. The number of fused-ring (bicyclic) bond motifs is 1. The normalized spacial score (nSPS) is 10.9. The van der Waals surface area contributed by atoms with Crippen molar-refractivity contribution in [2.75, 3.05) is 6.61 Å². The van der Waals surface area contributed by atoms with Gasteiger partial charge < -0.3 is 4.74 Å². The minimum atomic E-state index is -0.561. The Labute approximate surface area is 160 Å². The summed E-state index contributed by atoms with van der Waals surface area (Å²) in [6, 6.07) is 16.5. The van der Waals surface area contributed by atoms with Crippen molar-refractivity contribution in [2.24, 2.45) is 7.05 Å². The van der Waals surface area contributed by atoms with Crippen molar-refractivity contribution < 1.29 is 9.53 Å². The fraction of sp³-hybridized carbons (Fsp3) is 0.143. The highest BCUT2D eigenvalue weighted by Crippen LogP contribution is 2.24. The van der Waals surface area contributed by atoms with Gasteiger partial charge >= 0.3 is 5.97 Å². The summed E-state index contributed by atoms with van der Waals surface area (Å²) in [6.07, 6.45) is 1.69. The number of rotatable bonds is 4. The quantitative estimate of drug-likeness (QED) is 0.513. The molecule has 4 aromatic rings. The van der Waals surface area contributed by atoms with Crippen molar-refractivity contribution in [3.05, 3.63) is 76.8 Å². The molecule has 7 nitrogen and oxygen atoms in total.